The van der Waals surface area contributed by atoms with Gasteiger partial charge in [-0.3, -0.25) is 4.79 Å². The van der Waals surface area contributed by atoms with Crippen LogP contribution in [0.25, 0.3) is 10.9 Å². The number of aromatic amines is 1. The van der Waals surface area contributed by atoms with E-state index < -0.39 is 12.1 Å². The lowest BCUT2D eigenvalue weighted by atomic mass is 9.99. The Hall–Kier alpha value is -3.27. The molecular formula is C27H30N2O4. The predicted octanol–water partition coefficient (Wildman–Crippen LogP) is 3.34. The van der Waals surface area contributed by atoms with Crippen LogP contribution in [-0.4, -0.2) is 46.5 Å². The molecule has 1 aliphatic rings. The minimum absolute atomic E-state index is 0.178. The van der Waals surface area contributed by atoms with Crippen molar-refractivity contribution in [3.8, 4) is 17.6 Å². The van der Waals surface area contributed by atoms with E-state index in [1.807, 2.05) is 36.5 Å². The van der Waals surface area contributed by atoms with Crippen molar-refractivity contribution in [2.24, 2.45) is 0 Å². The van der Waals surface area contributed by atoms with Crippen molar-refractivity contribution in [2.45, 2.75) is 51.2 Å². The average Bonchev–Trinajstić information content (AvgIpc) is 3.05. The molecule has 172 valence electrons. The van der Waals surface area contributed by atoms with Crippen molar-refractivity contribution in [3.05, 3.63) is 64.8 Å². The van der Waals surface area contributed by atoms with E-state index in [0.717, 1.165) is 46.9 Å². The van der Waals surface area contributed by atoms with E-state index in [4.69, 9.17) is 4.74 Å². The van der Waals surface area contributed by atoms with Gasteiger partial charge in [-0.2, -0.15) is 0 Å². The van der Waals surface area contributed by atoms with Gasteiger partial charge in [0.15, 0.2) is 0 Å². The molecule has 4 rings (SSSR count). The van der Waals surface area contributed by atoms with Crippen molar-refractivity contribution in [3.63, 3.8) is 0 Å². The van der Waals surface area contributed by atoms with E-state index in [1.165, 1.54) is 0 Å². The fourth-order valence-electron chi connectivity index (χ4n) is 4.17. The summed E-state index contributed by atoms with van der Waals surface area (Å²) in [5, 5.41) is 23.6. The standard InChI is InChI=1S/C27H30N2O4/c1-18(31)7-6-8-19-13-20-9-4-5-12-33-26(20)24(14-19)27(32)29-22(17-30)15-21-16-28-25-11-3-2-10-23(21)25/h2-3,10-11,13-14,16,18,22,28,30-31H,4-5,7,9,12,15,17H2,1H3,(H,29,32)/t18?,22-/m1/s1. The van der Waals surface area contributed by atoms with E-state index in [0.29, 0.717) is 30.8 Å². The summed E-state index contributed by atoms with van der Waals surface area (Å²) < 4.78 is 5.96. The monoisotopic (exact) mass is 446 g/mol. The van der Waals surface area contributed by atoms with Crippen LogP contribution in [0.15, 0.2) is 42.6 Å². The Labute approximate surface area is 194 Å². The zero-order chi connectivity index (χ0) is 23.2. The van der Waals surface area contributed by atoms with Crippen LogP contribution < -0.4 is 10.1 Å². The first-order valence-electron chi connectivity index (χ1n) is 11.5. The highest BCUT2D eigenvalue weighted by Gasteiger charge is 2.22. The first-order chi connectivity index (χ1) is 16.0. The molecule has 6 heteroatoms. The van der Waals surface area contributed by atoms with Gasteiger partial charge in [-0.05, 0) is 61.9 Å². The number of amides is 1. The van der Waals surface area contributed by atoms with Crippen LogP contribution >= 0.6 is 0 Å². The number of carbonyl (C=O) groups is 1. The second-order valence-electron chi connectivity index (χ2n) is 8.59. The zero-order valence-electron chi connectivity index (χ0n) is 18.9. The number of nitrogens with one attached hydrogen (secondary N) is 2. The maximum atomic E-state index is 13.3. The molecule has 0 saturated heterocycles. The molecule has 2 heterocycles. The average molecular weight is 447 g/mol. The fourth-order valence-corrected chi connectivity index (χ4v) is 4.17. The van der Waals surface area contributed by atoms with Gasteiger partial charge in [0.25, 0.3) is 5.91 Å². The minimum atomic E-state index is -0.501. The molecule has 0 aliphatic carbocycles. The molecule has 0 saturated carbocycles. The lowest BCUT2D eigenvalue weighted by Crippen LogP contribution is -2.39. The van der Waals surface area contributed by atoms with Crippen LogP contribution in [0, 0.1) is 11.8 Å². The van der Waals surface area contributed by atoms with Crippen LogP contribution in [0.1, 0.15) is 53.2 Å². The topological polar surface area (TPSA) is 94.6 Å². The van der Waals surface area contributed by atoms with Crippen LogP contribution in [0.3, 0.4) is 0 Å². The first-order valence-corrected chi connectivity index (χ1v) is 11.5. The van der Waals surface area contributed by atoms with Crippen molar-refractivity contribution < 1.29 is 19.7 Å². The summed E-state index contributed by atoms with van der Waals surface area (Å²) in [6.07, 6.45) is 5.03. The Kier molecular flexibility index (Phi) is 7.33. The van der Waals surface area contributed by atoms with Crippen LogP contribution in [0.2, 0.25) is 0 Å². The Morgan fingerprint density at radius 2 is 2.12 bits per heavy atom. The van der Waals surface area contributed by atoms with Gasteiger partial charge in [-0.1, -0.05) is 30.0 Å². The van der Waals surface area contributed by atoms with E-state index in [-0.39, 0.29) is 12.5 Å². The highest BCUT2D eigenvalue weighted by Crippen LogP contribution is 2.30. The third-order valence-electron chi connectivity index (χ3n) is 5.82. The number of carbonyl (C=O) groups excluding carboxylic acids is 1. The molecule has 4 N–H and O–H groups in total. The van der Waals surface area contributed by atoms with E-state index in [1.54, 1.807) is 13.0 Å². The predicted molar refractivity (Wildman–Crippen MR) is 128 cm³/mol. The molecule has 3 aromatic rings. The number of ether oxygens (including phenoxy) is 1. The third-order valence-corrected chi connectivity index (χ3v) is 5.82. The maximum absolute atomic E-state index is 13.3. The molecule has 0 bridgehead atoms. The van der Waals surface area contributed by atoms with E-state index in [9.17, 15) is 15.0 Å². The summed E-state index contributed by atoms with van der Waals surface area (Å²) >= 11 is 0. The maximum Gasteiger partial charge on any atom is 0.255 e. The Morgan fingerprint density at radius 1 is 1.27 bits per heavy atom. The highest BCUT2D eigenvalue weighted by molar-refractivity contribution is 5.98. The molecule has 1 aromatic heterocycles. The van der Waals surface area contributed by atoms with E-state index in [2.05, 4.69) is 22.1 Å². The summed E-state index contributed by atoms with van der Waals surface area (Å²) in [5.74, 6) is 6.36. The van der Waals surface area contributed by atoms with Crippen LogP contribution in [0.5, 0.6) is 5.75 Å². The van der Waals surface area contributed by atoms with Gasteiger partial charge < -0.3 is 25.3 Å². The Bertz CT molecular complexity index is 1190. The fraction of sp³-hybridized carbons (Fsp3) is 0.370. The second-order valence-corrected chi connectivity index (χ2v) is 8.59. The number of aryl methyl sites for hydroxylation is 1. The van der Waals surface area contributed by atoms with Gasteiger partial charge in [0.05, 0.1) is 30.9 Å². The summed E-state index contributed by atoms with van der Waals surface area (Å²) in [6, 6.07) is 11.3. The second kappa shape index (κ2) is 10.6. The molecule has 6 nitrogen and oxygen atoms in total. The summed E-state index contributed by atoms with van der Waals surface area (Å²) in [5.41, 5.74) is 4.20. The molecule has 33 heavy (non-hydrogen) atoms. The number of benzene rings is 2. The van der Waals surface area contributed by atoms with Crippen molar-refractivity contribution >= 4 is 16.8 Å². The van der Waals surface area contributed by atoms with Crippen molar-refractivity contribution in [1.29, 1.82) is 0 Å². The summed E-state index contributed by atoms with van der Waals surface area (Å²) in [7, 11) is 0. The number of aliphatic hydroxyl groups excluding tert-OH is 2. The minimum Gasteiger partial charge on any atom is -0.492 e. The van der Waals surface area contributed by atoms with Crippen LogP contribution in [0.4, 0.5) is 0 Å². The number of hydrogen-bond donors (Lipinski definition) is 4. The smallest absolute Gasteiger partial charge is 0.255 e. The molecule has 2 aromatic carbocycles. The summed E-state index contributed by atoms with van der Waals surface area (Å²) in [4.78, 5) is 16.6. The molecule has 0 radical (unpaired) electrons. The molecule has 0 spiro atoms. The molecule has 1 amide bonds. The van der Waals surface area contributed by atoms with E-state index >= 15 is 0 Å². The van der Waals surface area contributed by atoms with Gasteiger partial charge >= 0.3 is 0 Å². The Balaban J connectivity index is 1.59. The molecule has 1 aliphatic heterocycles. The molecule has 2 atom stereocenters. The van der Waals surface area contributed by atoms with Gasteiger partial charge in [0, 0.05) is 29.1 Å². The zero-order valence-corrected chi connectivity index (χ0v) is 18.9. The molecular weight excluding hydrogens is 416 g/mol. The molecule has 1 unspecified atom stereocenters. The number of hydrogen-bond acceptors (Lipinski definition) is 4. The van der Waals surface area contributed by atoms with Gasteiger partial charge in [0.1, 0.15) is 5.75 Å². The number of aromatic nitrogens is 1. The van der Waals surface area contributed by atoms with Gasteiger partial charge in [-0.25, -0.2) is 0 Å². The lowest BCUT2D eigenvalue weighted by molar-refractivity contribution is 0.0912. The largest absolute Gasteiger partial charge is 0.492 e. The Morgan fingerprint density at radius 3 is 2.94 bits per heavy atom. The lowest BCUT2D eigenvalue weighted by Gasteiger charge is -2.19. The summed E-state index contributed by atoms with van der Waals surface area (Å²) in [6.45, 7) is 2.09. The number of para-hydroxylation sites is 1. The number of fused-ring (bicyclic) bond motifs is 2. The first kappa shape index (κ1) is 22.9. The SMILES string of the molecule is CC(O)CC#Cc1cc2c(c(C(=O)N[C@@H](CO)Cc3c[nH]c4ccccc34)c1)OCCCC2. The van der Waals surface area contributed by atoms with Crippen molar-refractivity contribution in [1.82, 2.24) is 10.3 Å². The number of aliphatic hydroxyl groups is 2. The highest BCUT2D eigenvalue weighted by atomic mass is 16.5. The quantitative estimate of drug-likeness (QED) is 0.437. The van der Waals surface area contributed by atoms with Crippen molar-refractivity contribution in [2.75, 3.05) is 13.2 Å². The van der Waals surface area contributed by atoms with Gasteiger partial charge in [-0.15, -0.1) is 0 Å². The third kappa shape index (κ3) is 5.57. The normalized spacial score (nSPS) is 14.9. The number of rotatable bonds is 6. The number of H-pyrrole nitrogens is 1. The van der Waals surface area contributed by atoms with Crippen LogP contribution in [-0.2, 0) is 12.8 Å². The molecule has 0 fully saturated rings. The van der Waals surface area contributed by atoms with Gasteiger partial charge in [0.2, 0.25) is 0 Å².